The van der Waals surface area contributed by atoms with Crippen LogP contribution in [0.4, 0.5) is 0 Å². The first-order valence-corrected chi connectivity index (χ1v) is 5.29. The Morgan fingerprint density at radius 3 is 2.92 bits per heavy atom. The van der Waals surface area contributed by atoms with Crippen LogP contribution >= 0.6 is 11.6 Å². The zero-order valence-electron chi connectivity index (χ0n) is 7.70. The number of halogens is 1. The average Bonchev–Trinajstić information content (AvgIpc) is 2.59. The minimum Gasteiger partial charge on any atom is -0.358 e. The van der Waals surface area contributed by atoms with Gasteiger partial charge in [0.2, 0.25) is 0 Å². The van der Waals surface area contributed by atoms with Crippen molar-refractivity contribution in [2.45, 2.75) is 25.7 Å². The third-order valence-electron chi connectivity index (χ3n) is 2.66. The lowest BCUT2D eigenvalue weighted by Gasteiger charge is -2.09. The predicted molar refractivity (Wildman–Crippen MR) is 57.2 cm³/mol. The molecule has 1 N–H and O–H groups in total. The molecule has 0 saturated heterocycles. The Kier molecular flexibility index (Phi) is 2.45. The van der Waals surface area contributed by atoms with Crippen molar-refractivity contribution in [3.63, 3.8) is 0 Å². The standard InChI is InChI=1S/C11H14ClN/c1-8(7-12)11-6-9-4-2-3-5-10(9)13-11/h6,13H,1-5,7H2. The van der Waals surface area contributed by atoms with E-state index in [1.54, 1.807) is 0 Å². The Morgan fingerprint density at radius 1 is 1.46 bits per heavy atom. The molecule has 0 fully saturated rings. The lowest BCUT2D eigenvalue weighted by Crippen LogP contribution is -1.99. The normalized spacial score (nSPS) is 15.5. The summed E-state index contributed by atoms with van der Waals surface area (Å²) in [6.07, 6.45) is 5.02. The van der Waals surface area contributed by atoms with Gasteiger partial charge in [0, 0.05) is 17.3 Å². The Balaban J connectivity index is 2.30. The Bertz CT molecular complexity index is 301. The Labute approximate surface area is 83.8 Å². The summed E-state index contributed by atoms with van der Waals surface area (Å²) in [4.78, 5) is 3.40. The van der Waals surface area contributed by atoms with Crippen molar-refractivity contribution in [2.24, 2.45) is 0 Å². The quantitative estimate of drug-likeness (QED) is 0.698. The van der Waals surface area contributed by atoms with E-state index in [0.29, 0.717) is 5.88 Å². The molecule has 0 saturated carbocycles. The minimum absolute atomic E-state index is 0.513. The van der Waals surface area contributed by atoms with Gasteiger partial charge in [-0.3, -0.25) is 0 Å². The van der Waals surface area contributed by atoms with Gasteiger partial charge in [0.25, 0.3) is 0 Å². The van der Waals surface area contributed by atoms with Crippen LogP contribution in [-0.2, 0) is 12.8 Å². The molecule has 0 aliphatic heterocycles. The van der Waals surface area contributed by atoms with Crippen LogP contribution in [0, 0.1) is 0 Å². The largest absolute Gasteiger partial charge is 0.358 e. The topological polar surface area (TPSA) is 15.8 Å². The number of aromatic amines is 1. The molecule has 0 amide bonds. The number of rotatable bonds is 2. The predicted octanol–water partition coefficient (Wildman–Crippen LogP) is 3.15. The van der Waals surface area contributed by atoms with Gasteiger partial charge in [-0.2, -0.15) is 0 Å². The molecule has 0 spiro atoms. The summed E-state index contributed by atoms with van der Waals surface area (Å²) in [6.45, 7) is 3.92. The van der Waals surface area contributed by atoms with Crippen molar-refractivity contribution in [2.75, 3.05) is 5.88 Å². The summed E-state index contributed by atoms with van der Waals surface area (Å²) in [6, 6.07) is 2.21. The van der Waals surface area contributed by atoms with Gasteiger partial charge in [0.15, 0.2) is 0 Å². The van der Waals surface area contributed by atoms with Crippen molar-refractivity contribution in [1.29, 1.82) is 0 Å². The van der Waals surface area contributed by atoms with E-state index in [4.69, 9.17) is 11.6 Å². The second kappa shape index (κ2) is 3.59. The van der Waals surface area contributed by atoms with E-state index in [1.807, 2.05) is 0 Å². The molecule has 0 radical (unpaired) electrons. The van der Waals surface area contributed by atoms with E-state index >= 15 is 0 Å². The van der Waals surface area contributed by atoms with Gasteiger partial charge < -0.3 is 4.98 Å². The number of hydrogen-bond donors (Lipinski definition) is 1. The molecule has 0 atom stereocenters. The first-order valence-electron chi connectivity index (χ1n) is 4.76. The number of nitrogens with one attached hydrogen (secondary N) is 1. The summed E-state index contributed by atoms with van der Waals surface area (Å²) in [5.74, 6) is 0.513. The van der Waals surface area contributed by atoms with Gasteiger partial charge in [-0.15, -0.1) is 11.6 Å². The maximum atomic E-state index is 5.73. The van der Waals surface area contributed by atoms with E-state index < -0.39 is 0 Å². The van der Waals surface area contributed by atoms with Crippen molar-refractivity contribution in [3.8, 4) is 0 Å². The maximum absolute atomic E-state index is 5.73. The average molecular weight is 196 g/mol. The monoisotopic (exact) mass is 195 g/mol. The van der Waals surface area contributed by atoms with Crippen LogP contribution < -0.4 is 0 Å². The third-order valence-corrected chi connectivity index (χ3v) is 2.98. The van der Waals surface area contributed by atoms with Gasteiger partial charge in [-0.25, -0.2) is 0 Å². The third kappa shape index (κ3) is 1.66. The molecule has 1 nitrogen and oxygen atoms in total. The summed E-state index contributed by atoms with van der Waals surface area (Å²) in [5.41, 5.74) is 4.98. The fourth-order valence-electron chi connectivity index (χ4n) is 1.87. The van der Waals surface area contributed by atoms with Gasteiger partial charge in [0.1, 0.15) is 0 Å². The van der Waals surface area contributed by atoms with Crippen LogP contribution in [0.1, 0.15) is 29.8 Å². The van der Waals surface area contributed by atoms with Crippen molar-refractivity contribution in [1.82, 2.24) is 4.98 Å². The minimum atomic E-state index is 0.513. The van der Waals surface area contributed by atoms with Gasteiger partial charge in [0.05, 0.1) is 0 Å². The van der Waals surface area contributed by atoms with Gasteiger partial charge in [-0.05, 0) is 42.9 Å². The van der Waals surface area contributed by atoms with E-state index in [-0.39, 0.29) is 0 Å². The molecular formula is C11H14ClN. The SMILES string of the molecule is C=C(CCl)c1cc2c([nH]1)CCCC2. The molecule has 70 valence electrons. The van der Waals surface area contributed by atoms with Crippen molar-refractivity contribution < 1.29 is 0 Å². The number of hydrogen-bond acceptors (Lipinski definition) is 0. The molecular weight excluding hydrogens is 182 g/mol. The second-order valence-electron chi connectivity index (χ2n) is 3.63. The molecule has 0 aromatic carbocycles. The first kappa shape index (κ1) is 8.89. The highest BCUT2D eigenvalue weighted by atomic mass is 35.5. The zero-order valence-corrected chi connectivity index (χ0v) is 8.45. The fraction of sp³-hybridized carbons (Fsp3) is 0.455. The van der Waals surface area contributed by atoms with E-state index in [2.05, 4.69) is 17.6 Å². The number of aryl methyl sites for hydroxylation is 2. The molecule has 1 heterocycles. The molecule has 2 rings (SSSR count). The zero-order chi connectivity index (χ0) is 9.26. The summed E-state index contributed by atoms with van der Waals surface area (Å²) in [7, 11) is 0. The highest BCUT2D eigenvalue weighted by molar-refractivity contribution is 6.23. The summed E-state index contributed by atoms with van der Waals surface area (Å²) >= 11 is 5.73. The second-order valence-corrected chi connectivity index (χ2v) is 3.90. The van der Waals surface area contributed by atoms with E-state index in [0.717, 1.165) is 11.3 Å². The van der Waals surface area contributed by atoms with Crippen LogP contribution in [-0.4, -0.2) is 10.9 Å². The first-order chi connectivity index (χ1) is 6.31. The number of aromatic nitrogens is 1. The Morgan fingerprint density at radius 2 is 2.23 bits per heavy atom. The van der Waals surface area contributed by atoms with Crippen LogP contribution in [0.3, 0.4) is 0 Å². The number of H-pyrrole nitrogens is 1. The highest BCUT2D eigenvalue weighted by Crippen LogP contribution is 2.24. The molecule has 13 heavy (non-hydrogen) atoms. The molecule has 0 bridgehead atoms. The number of fused-ring (bicyclic) bond motifs is 1. The number of allylic oxidation sites excluding steroid dienone is 1. The van der Waals surface area contributed by atoms with Gasteiger partial charge in [-0.1, -0.05) is 6.58 Å². The lowest BCUT2D eigenvalue weighted by atomic mass is 9.98. The van der Waals surface area contributed by atoms with E-state index in [9.17, 15) is 0 Å². The van der Waals surface area contributed by atoms with E-state index in [1.165, 1.54) is 36.9 Å². The van der Waals surface area contributed by atoms with Crippen LogP contribution in [0.25, 0.3) is 5.57 Å². The number of alkyl halides is 1. The summed E-state index contributed by atoms with van der Waals surface area (Å²) < 4.78 is 0. The lowest BCUT2D eigenvalue weighted by molar-refractivity contribution is 0.677. The molecule has 0 unspecified atom stereocenters. The van der Waals surface area contributed by atoms with Gasteiger partial charge >= 0.3 is 0 Å². The summed E-state index contributed by atoms with van der Waals surface area (Å²) in [5, 5.41) is 0. The highest BCUT2D eigenvalue weighted by Gasteiger charge is 2.13. The molecule has 2 heteroatoms. The van der Waals surface area contributed by atoms with Crippen molar-refractivity contribution in [3.05, 3.63) is 29.6 Å². The fourth-order valence-corrected chi connectivity index (χ4v) is 2.01. The molecule has 1 aromatic rings. The maximum Gasteiger partial charge on any atom is 0.0488 e. The van der Waals surface area contributed by atoms with Crippen LogP contribution in [0.2, 0.25) is 0 Å². The molecule has 1 aromatic heterocycles. The molecule has 1 aliphatic rings. The van der Waals surface area contributed by atoms with Crippen molar-refractivity contribution >= 4 is 17.2 Å². The van der Waals surface area contributed by atoms with Crippen LogP contribution in [0.15, 0.2) is 12.6 Å². The smallest absolute Gasteiger partial charge is 0.0488 e. The molecule has 1 aliphatic carbocycles. The Hall–Kier alpha value is -0.690. The van der Waals surface area contributed by atoms with Crippen LogP contribution in [0.5, 0.6) is 0 Å².